The highest BCUT2D eigenvalue weighted by molar-refractivity contribution is 6.21. The number of Topliss-reactive ketones (excluding diaryl/α,β-unsaturated/α-hetero) is 1. The van der Waals surface area contributed by atoms with Crippen LogP contribution < -0.4 is 15.4 Å². The van der Waals surface area contributed by atoms with Crippen LogP contribution in [0.15, 0.2) is 66.7 Å². The Morgan fingerprint density at radius 3 is 2.55 bits per heavy atom. The van der Waals surface area contributed by atoms with Crippen molar-refractivity contribution in [2.75, 3.05) is 23.8 Å². The number of carbonyl (C=O) groups excluding carboxylic acids is 3. The Balaban J connectivity index is 1.58. The first kappa shape index (κ1) is 23.2. The molecule has 3 aromatic carbocycles. The van der Waals surface area contributed by atoms with E-state index in [4.69, 9.17) is 4.74 Å². The molecule has 3 aromatic rings. The quantitative estimate of drug-likeness (QED) is 0.511. The molecular weight excluding hydrogens is 478 g/mol. The van der Waals surface area contributed by atoms with Crippen molar-refractivity contribution >= 4 is 29.0 Å². The fourth-order valence-corrected chi connectivity index (χ4v) is 7.81. The summed E-state index contributed by atoms with van der Waals surface area (Å²) in [6.45, 7) is 4.91. The fraction of sp³-hybridized carbons (Fsp3) is 0.323. The van der Waals surface area contributed by atoms with Crippen LogP contribution in [0.2, 0.25) is 0 Å². The summed E-state index contributed by atoms with van der Waals surface area (Å²) in [7, 11) is 0. The first-order valence-corrected chi connectivity index (χ1v) is 13.3. The Bertz CT molecular complexity index is 1530. The molecule has 4 atom stereocenters. The Morgan fingerprint density at radius 2 is 1.71 bits per heavy atom. The van der Waals surface area contributed by atoms with Gasteiger partial charge in [-0.25, -0.2) is 0 Å². The molecule has 0 saturated carbocycles. The number of fused-ring (bicyclic) bond motifs is 7. The van der Waals surface area contributed by atoms with E-state index < -0.39 is 16.9 Å². The van der Waals surface area contributed by atoms with Crippen LogP contribution in [-0.4, -0.2) is 41.7 Å². The molecule has 7 rings (SSSR count). The number of carbonyl (C=O) groups is 3. The zero-order valence-electron chi connectivity index (χ0n) is 21.4. The van der Waals surface area contributed by atoms with E-state index >= 15 is 0 Å². The molecule has 4 aliphatic rings. The Hall–Kier alpha value is -3.97. The number of para-hydroxylation sites is 2. The van der Waals surface area contributed by atoms with E-state index in [0.29, 0.717) is 41.4 Å². The molecule has 4 aliphatic heterocycles. The van der Waals surface area contributed by atoms with Gasteiger partial charge >= 0.3 is 0 Å². The van der Waals surface area contributed by atoms with Crippen molar-refractivity contribution in [3.63, 3.8) is 0 Å². The number of rotatable bonds is 4. The number of nitrogens with one attached hydrogen (secondary N) is 2. The number of anilines is 2. The van der Waals surface area contributed by atoms with Crippen LogP contribution in [0.5, 0.6) is 5.75 Å². The van der Waals surface area contributed by atoms with E-state index in [-0.39, 0.29) is 23.6 Å². The van der Waals surface area contributed by atoms with Crippen LogP contribution in [0.1, 0.15) is 46.8 Å². The van der Waals surface area contributed by atoms with Gasteiger partial charge in [-0.2, -0.15) is 0 Å². The summed E-state index contributed by atoms with van der Waals surface area (Å²) >= 11 is 0. The SMILES string of the molecule is CCOc1ccccc1C(=O)[C@@H]1[C@@H]2CCCN2[C@@]2(C(=O)Nc3ccc(C)cc32)[C@]12C(=O)Nc1ccccc12. The van der Waals surface area contributed by atoms with E-state index in [1.165, 1.54) is 0 Å². The summed E-state index contributed by atoms with van der Waals surface area (Å²) in [4.78, 5) is 46.0. The van der Waals surface area contributed by atoms with Gasteiger partial charge in [0.1, 0.15) is 16.7 Å². The zero-order chi connectivity index (χ0) is 26.2. The van der Waals surface area contributed by atoms with E-state index in [2.05, 4.69) is 15.5 Å². The average molecular weight is 508 g/mol. The lowest BCUT2D eigenvalue weighted by atomic mass is 9.57. The third-order valence-electron chi connectivity index (χ3n) is 8.99. The first-order valence-electron chi connectivity index (χ1n) is 13.3. The number of benzene rings is 3. The molecule has 2 amide bonds. The number of hydrogen-bond donors (Lipinski definition) is 2. The molecule has 0 aliphatic carbocycles. The minimum Gasteiger partial charge on any atom is -0.493 e. The van der Waals surface area contributed by atoms with Crippen molar-refractivity contribution in [1.82, 2.24) is 4.90 Å². The van der Waals surface area contributed by atoms with Gasteiger partial charge < -0.3 is 15.4 Å². The highest BCUT2D eigenvalue weighted by atomic mass is 16.5. The zero-order valence-corrected chi connectivity index (χ0v) is 21.4. The van der Waals surface area contributed by atoms with Crippen LogP contribution in [0.4, 0.5) is 11.4 Å². The summed E-state index contributed by atoms with van der Waals surface area (Å²) < 4.78 is 5.87. The second kappa shape index (κ2) is 8.01. The largest absolute Gasteiger partial charge is 0.493 e. The number of hydrogen-bond acceptors (Lipinski definition) is 5. The van der Waals surface area contributed by atoms with Gasteiger partial charge in [0.05, 0.1) is 18.1 Å². The Kier molecular flexibility index (Phi) is 4.89. The molecule has 7 heteroatoms. The van der Waals surface area contributed by atoms with Gasteiger partial charge in [0.25, 0.3) is 5.91 Å². The number of nitrogens with zero attached hydrogens (tertiary/aromatic N) is 1. The van der Waals surface area contributed by atoms with Crippen molar-refractivity contribution in [2.24, 2.45) is 5.92 Å². The molecule has 192 valence electrons. The molecule has 0 unspecified atom stereocenters. The van der Waals surface area contributed by atoms with Gasteiger partial charge in [-0.05, 0) is 63.1 Å². The summed E-state index contributed by atoms with van der Waals surface area (Å²) in [5.41, 5.74) is 1.47. The molecule has 0 aromatic heterocycles. The lowest BCUT2D eigenvalue weighted by molar-refractivity contribution is -0.137. The van der Waals surface area contributed by atoms with Gasteiger partial charge in [0.15, 0.2) is 5.78 Å². The highest BCUT2D eigenvalue weighted by Crippen LogP contribution is 2.68. The van der Waals surface area contributed by atoms with E-state index in [0.717, 1.165) is 24.0 Å². The minimum atomic E-state index is -1.45. The molecule has 38 heavy (non-hydrogen) atoms. The van der Waals surface area contributed by atoms with Crippen LogP contribution in [-0.2, 0) is 20.5 Å². The van der Waals surface area contributed by atoms with Crippen LogP contribution >= 0.6 is 0 Å². The summed E-state index contributed by atoms with van der Waals surface area (Å²) in [5, 5.41) is 6.19. The van der Waals surface area contributed by atoms with Crippen molar-refractivity contribution in [1.29, 1.82) is 0 Å². The monoisotopic (exact) mass is 507 g/mol. The molecule has 2 fully saturated rings. The van der Waals surface area contributed by atoms with E-state index in [1.807, 2.05) is 68.4 Å². The van der Waals surface area contributed by atoms with Crippen LogP contribution in [0.3, 0.4) is 0 Å². The number of amides is 2. The molecule has 2 N–H and O–H groups in total. The minimum absolute atomic E-state index is 0.163. The molecular formula is C31H29N3O4. The maximum atomic E-state index is 14.8. The normalized spacial score (nSPS) is 28.8. The van der Waals surface area contributed by atoms with Crippen LogP contribution in [0, 0.1) is 12.8 Å². The second-order valence-electron chi connectivity index (χ2n) is 10.7. The van der Waals surface area contributed by atoms with Gasteiger partial charge in [-0.15, -0.1) is 0 Å². The van der Waals surface area contributed by atoms with Crippen molar-refractivity contribution in [3.8, 4) is 5.75 Å². The summed E-state index contributed by atoms with van der Waals surface area (Å²) in [6, 6.07) is 20.4. The number of ether oxygens (including phenoxy) is 1. The molecule has 0 radical (unpaired) electrons. The predicted octanol–water partition coefficient (Wildman–Crippen LogP) is 4.41. The molecule has 2 spiro atoms. The smallest absolute Gasteiger partial charge is 0.251 e. The van der Waals surface area contributed by atoms with Gasteiger partial charge in [0.2, 0.25) is 5.91 Å². The van der Waals surface area contributed by atoms with Crippen molar-refractivity contribution in [2.45, 2.75) is 43.7 Å². The molecule has 2 saturated heterocycles. The van der Waals surface area contributed by atoms with Crippen molar-refractivity contribution in [3.05, 3.63) is 89.0 Å². The highest BCUT2D eigenvalue weighted by Gasteiger charge is 2.81. The number of ketones is 1. The lowest BCUT2D eigenvalue weighted by Gasteiger charge is -2.43. The first-order chi connectivity index (χ1) is 18.5. The maximum Gasteiger partial charge on any atom is 0.251 e. The Morgan fingerprint density at radius 1 is 0.974 bits per heavy atom. The third kappa shape index (κ3) is 2.59. The molecule has 4 heterocycles. The fourth-order valence-electron chi connectivity index (χ4n) is 7.81. The Labute approximate surface area is 221 Å². The number of aryl methyl sites for hydroxylation is 1. The predicted molar refractivity (Wildman–Crippen MR) is 143 cm³/mol. The second-order valence-corrected chi connectivity index (χ2v) is 10.7. The average Bonchev–Trinajstić information content (AvgIpc) is 3.63. The topological polar surface area (TPSA) is 87.7 Å². The van der Waals surface area contributed by atoms with Gasteiger partial charge in [0, 0.05) is 23.0 Å². The lowest BCUT2D eigenvalue weighted by Crippen LogP contribution is -2.62. The van der Waals surface area contributed by atoms with E-state index in [1.54, 1.807) is 12.1 Å². The maximum absolute atomic E-state index is 14.8. The van der Waals surface area contributed by atoms with Crippen molar-refractivity contribution < 1.29 is 19.1 Å². The molecule has 0 bridgehead atoms. The summed E-state index contributed by atoms with van der Waals surface area (Å²) in [6.07, 6.45) is 1.57. The molecule has 7 nitrogen and oxygen atoms in total. The van der Waals surface area contributed by atoms with Crippen LogP contribution in [0.25, 0.3) is 0 Å². The van der Waals surface area contributed by atoms with Gasteiger partial charge in [-0.1, -0.05) is 48.0 Å². The van der Waals surface area contributed by atoms with E-state index in [9.17, 15) is 14.4 Å². The van der Waals surface area contributed by atoms with Gasteiger partial charge in [-0.3, -0.25) is 19.3 Å². The third-order valence-corrected chi connectivity index (χ3v) is 8.99. The summed E-state index contributed by atoms with van der Waals surface area (Å²) in [5.74, 6) is -0.995. The standard InChI is InChI=1S/C31H29N3O4/c1-3-38-25-13-7-4-9-19(25)27(35)26-24-12-8-16-34(24)31(21-17-18(2)14-15-23(21)33-29(31)37)30(26)20-10-5-6-11-22(20)32-28(30)36/h4-7,9-11,13-15,17,24,26H,3,8,12,16H2,1-2H3,(H,32,36)(H,33,37)/t24-,26-,30-,31-/m0/s1.